The van der Waals surface area contributed by atoms with Gasteiger partial charge in [-0.15, -0.1) is 0 Å². The lowest BCUT2D eigenvalue weighted by molar-refractivity contribution is -0.147. The summed E-state index contributed by atoms with van der Waals surface area (Å²) in [6.45, 7) is 4.75. The fraction of sp³-hybridized carbons (Fsp3) is 0.375. The van der Waals surface area contributed by atoms with Crippen molar-refractivity contribution in [1.82, 2.24) is 10.6 Å². The van der Waals surface area contributed by atoms with Crippen LogP contribution in [0, 0.1) is 0 Å². The number of benzene rings is 2. The van der Waals surface area contributed by atoms with Crippen LogP contribution in [0.5, 0.6) is 0 Å². The Bertz CT molecular complexity index is 880. The number of amides is 2. The molecule has 2 unspecified atom stereocenters. The van der Waals surface area contributed by atoms with Crippen LogP contribution in [-0.4, -0.2) is 41.3 Å². The van der Waals surface area contributed by atoms with Gasteiger partial charge in [-0.3, -0.25) is 9.59 Å². The lowest BCUT2D eigenvalue weighted by Gasteiger charge is -2.24. The Morgan fingerprint density at radius 1 is 0.938 bits per heavy atom. The first-order valence-electron chi connectivity index (χ1n) is 10.3. The molecule has 2 atom stereocenters. The van der Waals surface area contributed by atoms with E-state index in [-0.39, 0.29) is 13.2 Å². The third-order valence-electron chi connectivity index (χ3n) is 4.32. The molecule has 0 aliphatic rings. The molecule has 8 nitrogen and oxygen atoms in total. The SMILES string of the molecule is CC(C)(C)OC(=O)NC(CC(=O)OCc1ccccc1)C(=O)NC(CO)c1ccccc1. The van der Waals surface area contributed by atoms with Gasteiger partial charge in [-0.25, -0.2) is 4.79 Å². The molecular weight excluding hydrogens is 412 g/mol. The van der Waals surface area contributed by atoms with Gasteiger partial charge in [0.1, 0.15) is 18.2 Å². The minimum Gasteiger partial charge on any atom is -0.461 e. The molecule has 0 heterocycles. The molecule has 3 N–H and O–H groups in total. The van der Waals surface area contributed by atoms with Gasteiger partial charge in [0.2, 0.25) is 5.91 Å². The van der Waals surface area contributed by atoms with Gasteiger partial charge in [0.25, 0.3) is 0 Å². The van der Waals surface area contributed by atoms with E-state index in [1.165, 1.54) is 0 Å². The third-order valence-corrected chi connectivity index (χ3v) is 4.32. The van der Waals surface area contributed by atoms with Crippen LogP contribution in [0.1, 0.15) is 44.4 Å². The summed E-state index contributed by atoms with van der Waals surface area (Å²) in [5.41, 5.74) is 0.703. The maximum Gasteiger partial charge on any atom is 0.408 e. The highest BCUT2D eigenvalue weighted by molar-refractivity contribution is 5.89. The number of hydrogen-bond acceptors (Lipinski definition) is 6. The largest absolute Gasteiger partial charge is 0.461 e. The molecule has 2 amide bonds. The second-order valence-corrected chi connectivity index (χ2v) is 8.20. The third kappa shape index (κ3) is 8.77. The number of carbonyl (C=O) groups is 3. The summed E-state index contributed by atoms with van der Waals surface area (Å²) in [5.74, 6) is -1.30. The number of carbonyl (C=O) groups excluding carboxylic acids is 3. The van der Waals surface area contributed by atoms with E-state index in [0.717, 1.165) is 5.56 Å². The van der Waals surface area contributed by atoms with Gasteiger partial charge in [-0.2, -0.15) is 0 Å². The molecule has 2 aromatic carbocycles. The number of nitrogens with one attached hydrogen (secondary N) is 2. The topological polar surface area (TPSA) is 114 Å². The van der Waals surface area contributed by atoms with Gasteiger partial charge in [0.05, 0.1) is 19.1 Å². The summed E-state index contributed by atoms with van der Waals surface area (Å²) in [7, 11) is 0. The van der Waals surface area contributed by atoms with E-state index in [4.69, 9.17) is 9.47 Å². The van der Waals surface area contributed by atoms with Crippen LogP contribution in [0.25, 0.3) is 0 Å². The monoisotopic (exact) mass is 442 g/mol. The summed E-state index contributed by atoms with van der Waals surface area (Å²) in [6, 6.07) is 16.0. The second kappa shape index (κ2) is 11.9. The normalized spacial score (nSPS) is 12.9. The number of aliphatic hydroxyl groups excluding tert-OH is 1. The number of ether oxygens (including phenoxy) is 2. The van der Waals surface area contributed by atoms with Crippen molar-refractivity contribution in [3.8, 4) is 0 Å². The van der Waals surface area contributed by atoms with Gasteiger partial charge in [-0.1, -0.05) is 60.7 Å². The zero-order valence-corrected chi connectivity index (χ0v) is 18.5. The van der Waals surface area contributed by atoms with Crippen molar-refractivity contribution in [3.63, 3.8) is 0 Å². The predicted molar refractivity (Wildman–Crippen MR) is 118 cm³/mol. The molecule has 2 aromatic rings. The number of alkyl carbamates (subject to hydrolysis) is 1. The molecule has 0 saturated heterocycles. The van der Waals surface area contributed by atoms with Crippen molar-refractivity contribution in [2.24, 2.45) is 0 Å². The summed E-state index contributed by atoms with van der Waals surface area (Å²) >= 11 is 0. The average Bonchev–Trinajstić information content (AvgIpc) is 2.75. The number of esters is 1. The quantitative estimate of drug-likeness (QED) is 0.515. The maximum absolute atomic E-state index is 12.9. The number of aliphatic hydroxyl groups is 1. The molecule has 172 valence electrons. The van der Waals surface area contributed by atoms with E-state index in [1.807, 2.05) is 36.4 Å². The molecule has 32 heavy (non-hydrogen) atoms. The maximum atomic E-state index is 12.9. The van der Waals surface area contributed by atoms with Gasteiger partial charge in [0, 0.05) is 0 Å². The van der Waals surface area contributed by atoms with Crippen LogP contribution < -0.4 is 10.6 Å². The van der Waals surface area contributed by atoms with Crippen LogP contribution in [0.2, 0.25) is 0 Å². The van der Waals surface area contributed by atoms with Gasteiger partial charge in [0.15, 0.2) is 0 Å². The molecule has 0 radical (unpaired) electrons. The molecule has 0 aliphatic heterocycles. The van der Waals surface area contributed by atoms with E-state index in [1.54, 1.807) is 45.0 Å². The standard InChI is InChI=1S/C24H30N2O6/c1-24(2,3)32-23(30)26-19(14-21(28)31-16-17-10-6-4-7-11-17)22(29)25-20(15-27)18-12-8-5-9-13-18/h4-13,19-20,27H,14-16H2,1-3H3,(H,25,29)(H,26,30). The predicted octanol–water partition coefficient (Wildman–Crippen LogP) is 2.86. The van der Waals surface area contributed by atoms with Crippen molar-refractivity contribution in [1.29, 1.82) is 0 Å². The smallest absolute Gasteiger partial charge is 0.408 e. The molecule has 0 spiro atoms. The first-order chi connectivity index (χ1) is 15.2. The Labute approximate surface area is 187 Å². The minimum absolute atomic E-state index is 0.0454. The Balaban J connectivity index is 2.07. The molecule has 8 heteroatoms. The van der Waals surface area contributed by atoms with E-state index in [0.29, 0.717) is 5.56 Å². The first-order valence-corrected chi connectivity index (χ1v) is 10.3. The lowest BCUT2D eigenvalue weighted by Crippen LogP contribution is -2.50. The summed E-state index contributed by atoms with van der Waals surface area (Å²) in [5, 5.41) is 14.8. The van der Waals surface area contributed by atoms with Gasteiger partial charge < -0.3 is 25.2 Å². The highest BCUT2D eigenvalue weighted by Crippen LogP contribution is 2.13. The van der Waals surface area contributed by atoms with Crippen LogP contribution in [0.15, 0.2) is 60.7 Å². The number of rotatable bonds is 9. The zero-order chi connectivity index (χ0) is 23.6. The molecule has 0 fully saturated rings. The Morgan fingerprint density at radius 2 is 1.53 bits per heavy atom. The first kappa shape index (κ1) is 24.9. The minimum atomic E-state index is -1.24. The van der Waals surface area contributed by atoms with Crippen LogP contribution >= 0.6 is 0 Å². The number of hydrogen-bond donors (Lipinski definition) is 3. The lowest BCUT2D eigenvalue weighted by atomic mass is 10.1. The van der Waals surface area contributed by atoms with Crippen molar-refractivity contribution in [3.05, 3.63) is 71.8 Å². The van der Waals surface area contributed by atoms with E-state index >= 15 is 0 Å². The Kier molecular flexibility index (Phi) is 9.22. The van der Waals surface area contributed by atoms with Gasteiger partial charge >= 0.3 is 12.1 Å². The molecule has 0 aliphatic carbocycles. The van der Waals surface area contributed by atoms with Crippen LogP contribution in [-0.2, 0) is 25.7 Å². The fourth-order valence-electron chi connectivity index (χ4n) is 2.81. The highest BCUT2D eigenvalue weighted by atomic mass is 16.6. The summed E-state index contributed by atoms with van der Waals surface area (Å²) < 4.78 is 10.5. The Morgan fingerprint density at radius 3 is 2.09 bits per heavy atom. The average molecular weight is 443 g/mol. The molecule has 0 saturated carbocycles. The van der Waals surface area contributed by atoms with Crippen molar-refractivity contribution >= 4 is 18.0 Å². The Hall–Kier alpha value is -3.39. The van der Waals surface area contributed by atoms with Crippen molar-refractivity contribution in [2.45, 2.75) is 51.5 Å². The fourth-order valence-corrected chi connectivity index (χ4v) is 2.81. The summed E-state index contributed by atoms with van der Waals surface area (Å²) in [6.07, 6.45) is -1.24. The van der Waals surface area contributed by atoms with Gasteiger partial charge in [-0.05, 0) is 31.9 Å². The van der Waals surface area contributed by atoms with Crippen molar-refractivity contribution in [2.75, 3.05) is 6.61 Å². The molecule has 0 aromatic heterocycles. The van der Waals surface area contributed by atoms with Crippen LogP contribution in [0.3, 0.4) is 0 Å². The van der Waals surface area contributed by atoms with E-state index < -0.39 is 42.1 Å². The van der Waals surface area contributed by atoms with Crippen molar-refractivity contribution < 1.29 is 29.0 Å². The van der Waals surface area contributed by atoms with Crippen LogP contribution in [0.4, 0.5) is 4.79 Å². The summed E-state index contributed by atoms with van der Waals surface area (Å²) in [4.78, 5) is 37.5. The van der Waals surface area contributed by atoms with E-state index in [2.05, 4.69) is 10.6 Å². The molecular formula is C24H30N2O6. The zero-order valence-electron chi connectivity index (χ0n) is 18.5. The highest BCUT2D eigenvalue weighted by Gasteiger charge is 2.29. The second-order valence-electron chi connectivity index (χ2n) is 8.20. The molecule has 0 bridgehead atoms. The van der Waals surface area contributed by atoms with E-state index in [9.17, 15) is 19.5 Å². The molecule has 2 rings (SSSR count).